The molecule has 2 atom stereocenters. The summed E-state index contributed by atoms with van der Waals surface area (Å²) in [6.45, 7) is 8.21. The second kappa shape index (κ2) is 6.45. The molecule has 5 heteroatoms. The zero-order chi connectivity index (χ0) is 15.6. The van der Waals surface area contributed by atoms with E-state index in [0.29, 0.717) is 0 Å². The van der Waals surface area contributed by atoms with E-state index in [1.807, 2.05) is 26.8 Å². The quantitative estimate of drug-likeness (QED) is 0.880. The monoisotopic (exact) mass is 306 g/mol. The summed E-state index contributed by atoms with van der Waals surface area (Å²) in [6, 6.07) is 5.48. The number of hydrogen-bond acceptors (Lipinski definition) is 5. The lowest BCUT2D eigenvalue weighted by atomic mass is 10.1. The molecule has 1 aromatic heterocycles. The van der Waals surface area contributed by atoms with E-state index in [2.05, 4.69) is 17.2 Å². The zero-order valence-corrected chi connectivity index (χ0v) is 13.9. The molecule has 1 heterocycles. The van der Waals surface area contributed by atoms with Gasteiger partial charge in [0, 0.05) is 22.5 Å². The number of aryl methyl sites for hydroxylation is 2. The molecule has 1 aromatic carbocycles. The van der Waals surface area contributed by atoms with Gasteiger partial charge in [0.25, 0.3) is 0 Å². The van der Waals surface area contributed by atoms with Gasteiger partial charge in [-0.3, -0.25) is 0 Å². The van der Waals surface area contributed by atoms with Crippen molar-refractivity contribution in [1.29, 1.82) is 0 Å². The molecule has 0 amide bonds. The first-order valence-electron chi connectivity index (χ1n) is 6.99. The van der Waals surface area contributed by atoms with Gasteiger partial charge in [-0.2, -0.15) is 0 Å². The van der Waals surface area contributed by atoms with Crippen molar-refractivity contribution >= 4 is 11.3 Å². The van der Waals surface area contributed by atoms with Crippen molar-refractivity contribution in [3.05, 3.63) is 39.3 Å². The van der Waals surface area contributed by atoms with E-state index in [4.69, 9.17) is 4.74 Å². The van der Waals surface area contributed by atoms with Gasteiger partial charge in [-0.15, -0.1) is 11.3 Å². The fraction of sp³-hybridized carbons (Fsp3) is 0.438. The standard InChI is InChI=1S/C16H22N2O2S/c1-9(14-8-13(20-5)6-7-15(14)19)17-10(2)16-11(3)18-12(4)21-16/h6-10,17,19H,1-5H3. The van der Waals surface area contributed by atoms with E-state index < -0.39 is 0 Å². The van der Waals surface area contributed by atoms with E-state index in [1.54, 1.807) is 30.6 Å². The van der Waals surface area contributed by atoms with Crippen LogP contribution >= 0.6 is 11.3 Å². The molecular formula is C16H22N2O2S. The third-order valence-corrected chi connectivity index (χ3v) is 4.79. The molecule has 2 rings (SSSR count). The third kappa shape index (κ3) is 3.54. The second-order valence-corrected chi connectivity index (χ2v) is 6.45. The molecule has 0 saturated heterocycles. The average molecular weight is 306 g/mol. The number of benzene rings is 1. The Morgan fingerprint density at radius 3 is 2.52 bits per heavy atom. The highest BCUT2D eigenvalue weighted by Crippen LogP contribution is 2.31. The maximum absolute atomic E-state index is 10.0. The highest BCUT2D eigenvalue weighted by atomic mass is 32.1. The van der Waals surface area contributed by atoms with Crippen molar-refractivity contribution in [1.82, 2.24) is 10.3 Å². The smallest absolute Gasteiger partial charge is 0.120 e. The van der Waals surface area contributed by atoms with Crippen molar-refractivity contribution in [3.63, 3.8) is 0 Å². The minimum Gasteiger partial charge on any atom is -0.508 e. The molecule has 21 heavy (non-hydrogen) atoms. The molecular weight excluding hydrogens is 284 g/mol. The number of aromatic nitrogens is 1. The molecule has 0 spiro atoms. The van der Waals surface area contributed by atoms with Crippen LogP contribution < -0.4 is 10.1 Å². The minimum absolute atomic E-state index is 0.0110. The second-order valence-electron chi connectivity index (χ2n) is 5.22. The number of methoxy groups -OCH3 is 1. The van der Waals surface area contributed by atoms with Crippen LogP contribution in [0.3, 0.4) is 0 Å². The van der Waals surface area contributed by atoms with E-state index in [-0.39, 0.29) is 17.8 Å². The van der Waals surface area contributed by atoms with Crippen LogP contribution in [0.1, 0.15) is 47.1 Å². The largest absolute Gasteiger partial charge is 0.508 e. The Hall–Kier alpha value is -1.59. The van der Waals surface area contributed by atoms with Crippen LogP contribution in [0, 0.1) is 13.8 Å². The van der Waals surface area contributed by atoms with Gasteiger partial charge in [0.15, 0.2) is 0 Å². The molecule has 2 aromatic rings. The van der Waals surface area contributed by atoms with Gasteiger partial charge >= 0.3 is 0 Å². The Bertz CT molecular complexity index is 625. The Balaban J connectivity index is 2.17. The number of rotatable bonds is 5. The van der Waals surface area contributed by atoms with Gasteiger partial charge in [0.1, 0.15) is 11.5 Å². The fourth-order valence-corrected chi connectivity index (χ4v) is 3.43. The molecule has 114 valence electrons. The first kappa shape index (κ1) is 15.8. The summed E-state index contributed by atoms with van der Waals surface area (Å²) in [5, 5.41) is 14.6. The van der Waals surface area contributed by atoms with Gasteiger partial charge in [0.2, 0.25) is 0 Å². The predicted octanol–water partition coefficient (Wildman–Crippen LogP) is 3.89. The van der Waals surface area contributed by atoms with Crippen LogP contribution in [-0.4, -0.2) is 17.2 Å². The molecule has 0 saturated carbocycles. The summed E-state index contributed by atoms with van der Waals surface area (Å²) >= 11 is 1.71. The van der Waals surface area contributed by atoms with Crippen molar-refractivity contribution in [3.8, 4) is 11.5 Å². The van der Waals surface area contributed by atoms with Gasteiger partial charge in [-0.25, -0.2) is 4.98 Å². The predicted molar refractivity (Wildman–Crippen MR) is 86.2 cm³/mol. The van der Waals surface area contributed by atoms with Crippen LogP contribution in [-0.2, 0) is 0 Å². The average Bonchev–Trinajstić information content (AvgIpc) is 2.78. The molecule has 0 aliphatic rings. The van der Waals surface area contributed by atoms with Crippen LogP contribution in [0.4, 0.5) is 0 Å². The molecule has 2 unspecified atom stereocenters. The number of phenolic OH excluding ortho intramolecular Hbond substituents is 1. The molecule has 4 nitrogen and oxygen atoms in total. The lowest BCUT2D eigenvalue weighted by Crippen LogP contribution is -2.22. The summed E-state index contributed by atoms with van der Waals surface area (Å²) in [4.78, 5) is 5.70. The maximum atomic E-state index is 10.0. The fourth-order valence-electron chi connectivity index (χ4n) is 2.50. The van der Waals surface area contributed by atoms with E-state index in [0.717, 1.165) is 22.0 Å². The van der Waals surface area contributed by atoms with Crippen molar-refractivity contribution in [2.45, 2.75) is 39.8 Å². The molecule has 0 radical (unpaired) electrons. The molecule has 0 bridgehead atoms. The maximum Gasteiger partial charge on any atom is 0.120 e. The first-order valence-corrected chi connectivity index (χ1v) is 7.81. The minimum atomic E-state index is 0.0110. The van der Waals surface area contributed by atoms with Gasteiger partial charge in [0.05, 0.1) is 17.8 Å². The normalized spacial score (nSPS) is 14.0. The number of phenols is 1. The Labute approximate surface area is 129 Å². The molecule has 0 aliphatic heterocycles. The third-order valence-electron chi connectivity index (χ3n) is 3.53. The Kier molecular flexibility index (Phi) is 4.85. The van der Waals surface area contributed by atoms with Crippen LogP contribution in [0.2, 0.25) is 0 Å². The molecule has 0 fully saturated rings. The highest BCUT2D eigenvalue weighted by Gasteiger charge is 2.18. The SMILES string of the molecule is COc1ccc(O)c(C(C)NC(C)c2sc(C)nc2C)c1. The van der Waals surface area contributed by atoms with Crippen molar-refractivity contribution in [2.24, 2.45) is 0 Å². The Morgan fingerprint density at radius 1 is 1.24 bits per heavy atom. The first-order chi connectivity index (χ1) is 9.92. The van der Waals surface area contributed by atoms with Crippen molar-refractivity contribution in [2.75, 3.05) is 7.11 Å². The van der Waals surface area contributed by atoms with Crippen LogP contribution in [0.5, 0.6) is 11.5 Å². The Morgan fingerprint density at radius 2 is 1.95 bits per heavy atom. The van der Waals surface area contributed by atoms with E-state index in [9.17, 15) is 5.11 Å². The summed E-state index contributed by atoms with van der Waals surface area (Å²) < 4.78 is 5.23. The lowest BCUT2D eigenvalue weighted by Gasteiger charge is -2.21. The van der Waals surface area contributed by atoms with Crippen LogP contribution in [0.25, 0.3) is 0 Å². The topological polar surface area (TPSA) is 54.4 Å². The molecule has 0 aliphatic carbocycles. The molecule has 2 N–H and O–H groups in total. The lowest BCUT2D eigenvalue weighted by molar-refractivity contribution is 0.405. The van der Waals surface area contributed by atoms with Gasteiger partial charge < -0.3 is 15.2 Å². The van der Waals surface area contributed by atoms with E-state index >= 15 is 0 Å². The number of ether oxygens (including phenoxy) is 1. The number of thiazole rings is 1. The highest BCUT2D eigenvalue weighted by molar-refractivity contribution is 7.11. The summed E-state index contributed by atoms with van der Waals surface area (Å²) in [6.07, 6.45) is 0. The number of aromatic hydroxyl groups is 1. The summed E-state index contributed by atoms with van der Waals surface area (Å²) in [7, 11) is 1.63. The van der Waals surface area contributed by atoms with Gasteiger partial charge in [-0.05, 0) is 45.9 Å². The zero-order valence-electron chi connectivity index (χ0n) is 13.1. The number of nitrogens with one attached hydrogen (secondary N) is 1. The van der Waals surface area contributed by atoms with E-state index in [1.165, 1.54) is 4.88 Å². The summed E-state index contributed by atoms with van der Waals surface area (Å²) in [5.41, 5.74) is 1.90. The number of nitrogens with zero attached hydrogens (tertiary/aromatic N) is 1. The van der Waals surface area contributed by atoms with Gasteiger partial charge in [-0.1, -0.05) is 0 Å². The van der Waals surface area contributed by atoms with Crippen molar-refractivity contribution < 1.29 is 9.84 Å². The number of hydrogen-bond donors (Lipinski definition) is 2. The van der Waals surface area contributed by atoms with Crippen LogP contribution in [0.15, 0.2) is 18.2 Å². The summed E-state index contributed by atoms with van der Waals surface area (Å²) in [5.74, 6) is 1.02.